The average Bonchev–Trinajstić information content (AvgIpc) is 2.65. The fourth-order valence-corrected chi connectivity index (χ4v) is 2.53. The first kappa shape index (κ1) is 11.0. The molecule has 0 spiro atoms. The molecule has 1 aliphatic carbocycles. The lowest BCUT2D eigenvalue weighted by atomic mass is 10.0. The highest BCUT2D eigenvalue weighted by Crippen LogP contribution is 2.46. The van der Waals surface area contributed by atoms with Gasteiger partial charge >= 0.3 is 0 Å². The lowest BCUT2D eigenvalue weighted by molar-refractivity contribution is -0.114. The molecule has 0 heterocycles. The molecule has 3 nitrogen and oxygen atoms in total. The second kappa shape index (κ2) is 3.96. The Balaban J connectivity index is 2.21. The van der Waals surface area contributed by atoms with Gasteiger partial charge in [0.1, 0.15) is 6.10 Å². The molecule has 1 unspecified atom stereocenters. The molecule has 1 atom stereocenters. The number of carbonyl (C=O) groups excluding carboxylic acids is 1. The first-order valence-corrected chi connectivity index (χ1v) is 5.86. The van der Waals surface area contributed by atoms with Gasteiger partial charge in [-0.3, -0.25) is 4.79 Å². The van der Waals surface area contributed by atoms with E-state index < -0.39 is 6.10 Å². The summed E-state index contributed by atoms with van der Waals surface area (Å²) in [6.45, 7) is 1.47. The van der Waals surface area contributed by atoms with Crippen molar-refractivity contribution in [2.75, 3.05) is 5.32 Å². The third-order valence-electron chi connectivity index (χ3n) is 3.24. The molecule has 0 aliphatic heterocycles. The van der Waals surface area contributed by atoms with Gasteiger partial charge in [-0.15, -0.1) is 0 Å². The fourth-order valence-electron chi connectivity index (χ4n) is 2.53. The monoisotopic (exact) mass is 239 g/mol. The van der Waals surface area contributed by atoms with Crippen LogP contribution in [0.5, 0.6) is 0 Å². The maximum atomic E-state index is 11.2. The maximum absolute atomic E-state index is 11.2. The van der Waals surface area contributed by atoms with Gasteiger partial charge in [0.15, 0.2) is 0 Å². The molecule has 3 rings (SSSR count). The number of aliphatic hydroxyl groups excluding tert-OH is 1. The molecule has 0 radical (unpaired) electrons. The number of rotatable bonds is 1. The molecule has 1 amide bonds. The van der Waals surface area contributed by atoms with E-state index in [4.69, 9.17) is 0 Å². The number of nitrogens with one attached hydrogen (secondary N) is 1. The van der Waals surface area contributed by atoms with E-state index in [1.807, 2.05) is 42.5 Å². The summed E-state index contributed by atoms with van der Waals surface area (Å²) in [5.41, 5.74) is 4.39. The smallest absolute Gasteiger partial charge is 0.221 e. The molecule has 0 saturated carbocycles. The number of anilines is 1. The Labute approximate surface area is 105 Å². The van der Waals surface area contributed by atoms with E-state index in [9.17, 15) is 9.90 Å². The predicted octanol–water partition coefficient (Wildman–Crippen LogP) is 2.71. The van der Waals surface area contributed by atoms with Crippen LogP contribution < -0.4 is 5.32 Å². The Morgan fingerprint density at radius 2 is 1.83 bits per heavy atom. The quantitative estimate of drug-likeness (QED) is 0.803. The van der Waals surface area contributed by atoms with E-state index in [2.05, 4.69) is 5.32 Å². The van der Waals surface area contributed by atoms with Crippen LogP contribution in [0.2, 0.25) is 0 Å². The highest BCUT2D eigenvalue weighted by atomic mass is 16.3. The molecule has 0 saturated heterocycles. The van der Waals surface area contributed by atoms with Gasteiger partial charge in [0.2, 0.25) is 5.91 Å². The van der Waals surface area contributed by atoms with Gasteiger partial charge in [0.25, 0.3) is 0 Å². The van der Waals surface area contributed by atoms with Crippen molar-refractivity contribution in [2.24, 2.45) is 0 Å². The number of fused-ring (bicyclic) bond motifs is 3. The van der Waals surface area contributed by atoms with Crippen molar-refractivity contribution in [3.63, 3.8) is 0 Å². The van der Waals surface area contributed by atoms with Gasteiger partial charge in [0, 0.05) is 18.2 Å². The fraction of sp³-hybridized carbons (Fsp3) is 0.133. The minimum absolute atomic E-state index is 0.133. The molecule has 0 aromatic heterocycles. The molecular weight excluding hydrogens is 226 g/mol. The second-order valence-corrected chi connectivity index (χ2v) is 4.44. The van der Waals surface area contributed by atoms with Gasteiger partial charge in [-0.2, -0.15) is 0 Å². The molecule has 1 aliphatic rings. The van der Waals surface area contributed by atoms with Gasteiger partial charge < -0.3 is 10.4 Å². The molecule has 2 aromatic rings. The Morgan fingerprint density at radius 3 is 2.61 bits per heavy atom. The Kier molecular flexibility index (Phi) is 2.42. The second-order valence-electron chi connectivity index (χ2n) is 4.44. The summed E-state index contributed by atoms with van der Waals surface area (Å²) >= 11 is 0. The minimum atomic E-state index is -0.667. The third-order valence-corrected chi connectivity index (χ3v) is 3.24. The first-order valence-electron chi connectivity index (χ1n) is 5.86. The third kappa shape index (κ3) is 1.52. The van der Waals surface area contributed by atoms with Crippen LogP contribution in [-0.2, 0) is 4.79 Å². The highest BCUT2D eigenvalue weighted by Gasteiger charge is 2.29. The maximum Gasteiger partial charge on any atom is 0.221 e. The number of hydrogen-bond donors (Lipinski definition) is 2. The van der Waals surface area contributed by atoms with Crippen molar-refractivity contribution in [3.05, 3.63) is 53.6 Å². The van der Waals surface area contributed by atoms with Crippen LogP contribution in [0.3, 0.4) is 0 Å². The standard InChI is InChI=1S/C15H13NO2/c1-9(17)16-13-8-4-7-11-10-5-2-3-6-12(10)15(18)14(11)13/h2-8,15,18H,1H3,(H,16,17). The van der Waals surface area contributed by atoms with E-state index >= 15 is 0 Å². The summed E-state index contributed by atoms with van der Waals surface area (Å²) in [6, 6.07) is 13.4. The Bertz CT molecular complexity index is 634. The van der Waals surface area contributed by atoms with E-state index in [-0.39, 0.29) is 5.91 Å². The number of benzene rings is 2. The highest BCUT2D eigenvalue weighted by molar-refractivity contribution is 5.93. The van der Waals surface area contributed by atoms with E-state index in [1.54, 1.807) is 0 Å². The predicted molar refractivity (Wildman–Crippen MR) is 70.2 cm³/mol. The summed E-state index contributed by atoms with van der Waals surface area (Å²) in [4.78, 5) is 11.2. The van der Waals surface area contributed by atoms with E-state index in [1.165, 1.54) is 6.92 Å². The van der Waals surface area contributed by atoms with Crippen LogP contribution in [0, 0.1) is 0 Å². The zero-order chi connectivity index (χ0) is 12.7. The number of hydrogen-bond acceptors (Lipinski definition) is 2. The van der Waals surface area contributed by atoms with Crippen molar-refractivity contribution < 1.29 is 9.90 Å². The van der Waals surface area contributed by atoms with Crippen molar-refractivity contribution in [1.82, 2.24) is 0 Å². The molecule has 2 aromatic carbocycles. The normalized spacial score (nSPS) is 16.0. The van der Waals surface area contributed by atoms with Crippen LogP contribution in [-0.4, -0.2) is 11.0 Å². The first-order chi connectivity index (χ1) is 8.68. The molecule has 90 valence electrons. The van der Waals surface area contributed by atoms with Gasteiger partial charge in [-0.1, -0.05) is 36.4 Å². The average molecular weight is 239 g/mol. The number of amides is 1. The molecule has 0 fully saturated rings. The van der Waals surface area contributed by atoms with E-state index in [0.717, 1.165) is 22.3 Å². The molecule has 18 heavy (non-hydrogen) atoms. The van der Waals surface area contributed by atoms with Crippen molar-refractivity contribution in [1.29, 1.82) is 0 Å². The van der Waals surface area contributed by atoms with Crippen LogP contribution in [0.15, 0.2) is 42.5 Å². The lowest BCUT2D eigenvalue weighted by Gasteiger charge is -2.12. The molecule has 2 N–H and O–H groups in total. The molecule has 0 bridgehead atoms. The summed E-state index contributed by atoms with van der Waals surface area (Å²) in [5.74, 6) is -0.133. The lowest BCUT2D eigenvalue weighted by Crippen LogP contribution is -2.09. The molecular formula is C15H13NO2. The van der Waals surface area contributed by atoms with Crippen LogP contribution in [0.25, 0.3) is 11.1 Å². The minimum Gasteiger partial charge on any atom is -0.384 e. The zero-order valence-corrected chi connectivity index (χ0v) is 9.97. The van der Waals surface area contributed by atoms with Crippen LogP contribution in [0.1, 0.15) is 24.2 Å². The summed E-state index contributed by atoms with van der Waals surface area (Å²) in [7, 11) is 0. The van der Waals surface area contributed by atoms with Crippen molar-refractivity contribution in [3.8, 4) is 11.1 Å². The summed E-state index contributed by atoms with van der Waals surface area (Å²) < 4.78 is 0. The number of aliphatic hydroxyl groups is 1. The SMILES string of the molecule is CC(=O)Nc1cccc2c1C(O)c1ccccc1-2. The Morgan fingerprint density at radius 1 is 1.11 bits per heavy atom. The number of carbonyl (C=O) groups is 1. The summed E-state index contributed by atoms with van der Waals surface area (Å²) in [6.07, 6.45) is -0.667. The van der Waals surface area contributed by atoms with Crippen molar-refractivity contribution >= 4 is 11.6 Å². The topological polar surface area (TPSA) is 49.3 Å². The van der Waals surface area contributed by atoms with Crippen molar-refractivity contribution in [2.45, 2.75) is 13.0 Å². The summed E-state index contributed by atoms with van der Waals surface area (Å²) in [5, 5.41) is 13.1. The van der Waals surface area contributed by atoms with Crippen LogP contribution in [0.4, 0.5) is 5.69 Å². The Hall–Kier alpha value is -2.13. The van der Waals surface area contributed by atoms with E-state index in [0.29, 0.717) is 5.69 Å². The zero-order valence-electron chi connectivity index (χ0n) is 9.97. The van der Waals surface area contributed by atoms with Gasteiger partial charge in [-0.25, -0.2) is 0 Å². The largest absolute Gasteiger partial charge is 0.384 e. The van der Waals surface area contributed by atoms with Gasteiger partial charge in [-0.05, 0) is 22.8 Å². The molecule has 3 heteroatoms. The van der Waals surface area contributed by atoms with Crippen LogP contribution >= 0.6 is 0 Å². The van der Waals surface area contributed by atoms with Gasteiger partial charge in [0.05, 0.1) is 0 Å².